The van der Waals surface area contributed by atoms with Gasteiger partial charge in [-0.25, -0.2) is 0 Å². The molecule has 122 valence electrons. The maximum absolute atomic E-state index is 12.3. The highest BCUT2D eigenvalue weighted by atomic mass is 16.2. The number of nitrogens with two attached hydrogens (primary N) is 1. The number of carbonyl (C=O) groups is 1. The molecule has 2 aliphatic carbocycles. The smallest absolute Gasteiger partial charge is 0.234 e. The average Bonchev–Trinajstić information content (AvgIpc) is 2.49. The monoisotopic (exact) mass is 295 g/mol. The van der Waals surface area contributed by atoms with Crippen molar-refractivity contribution < 1.29 is 4.79 Å². The Balaban J connectivity index is 1.83. The van der Waals surface area contributed by atoms with E-state index in [0.717, 1.165) is 31.6 Å². The van der Waals surface area contributed by atoms with Crippen LogP contribution in [0.5, 0.6) is 0 Å². The van der Waals surface area contributed by atoms with Gasteiger partial charge in [0.15, 0.2) is 0 Å². The van der Waals surface area contributed by atoms with Crippen LogP contribution in [-0.2, 0) is 4.79 Å². The molecule has 3 N–H and O–H groups in total. The van der Waals surface area contributed by atoms with Crippen molar-refractivity contribution in [3.63, 3.8) is 0 Å². The van der Waals surface area contributed by atoms with E-state index in [2.05, 4.69) is 24.2 Å². The molecule has 0 atom stereocenters. The number of carbonyl (C=O) groups excluding carboxylic acids is 1. The highest BCUT2D eigenvalue weighted by Gasteiger charge is 2.37. The minimum atomic E-state index is 0.0381. The molecule has 2 rings (SSSR count). The largest absolute Gasteiger partial charge is 0.352 e. The summed E-state index contributed by atoms with van der Waals surface area (Å²) in [6, 6.07) is 0.403. The van der Waals surface area contributed by atoms with Gasteiger partial charge in [-0.3, -0.25) is 9.69 Å². The van der Waals surface area contributed by atoms with Gasteiger partial charge >= 0.3 is 0 Å². The quantitative estimate of drug-likeness (QED) is 0.818. The summed E-state index contributed by atoms with van der Waals surface area (Å²) in [4.78, 5) is 14.5. The van der Waals surface area contributed by atoms with Gasteiger partial charge in [0.2, 0.25) is 5.91 Å². The molecule has 4 heteroatoms. The first-order chi connectivity index (χ1) is 10.1. The zero-order valence-electron chi connectivity index (χ0n) is 13.9. The third-order valence-electron chi connectivity index (χ3n) is 5.75. The van der Waals surface area contributed by atoms with E-state index in [0.29, 0.717) is 19.1 Å². The summed E-state index contributed by atoms with van der Waals surface area (Å²) in [5.41, 5.74) is 6.11. The molecule has 0 unspecified atom stereocenters. The van der Waals surface area contributed by atoms with Crippen LogP contribution in [0.2, 0.25) is 0 Å². The van der Waals surface area contributed by atoms with Crippen LogP contribution in [0.15, 0.2) is 0 Å². The second-order valence-corrected chi connectivity index (χ2v) is 7.37. The first-order valence-electron chi connectivity index (χ1n) is 8.76. The standard InChI is InChI=1S/C17H33N3O/c1-14-8-10-17(13-18,11-9-14)20(2)12-16(21)19-15-6-4-3-5-7-15/h14-15H,3-13,18H2,1-2H3,(H,19,21). The summed E-state index contributed by atoms with van der Waals surface area (Å²) < 4.78 is 0. The van der Waals surface area contributed by atoms with Gasteiger partial charge in [-0.05, 0) is 51.5 Å². The summed E-state index contributed by atoms with van der Waals surface area (Å²) >= 11 is 0. The molecule has 2 aliphatic rings. The van der Waals surface area contributed by atoms with Crippen LogP contribution in [0, 0.1) is 5.92 Å². The van der Waals surface area contributed by atoms with Crippen LogP contribution < -0.4 is 11.1 Å². The van der Waals surface area contributed by atoms with Gasteiger partial charge in [-0.15, -0.1) is 0 Å². The lowest BCUT2D eigenvalue weighted by Crippen LogP contribution is -2.56. The van der Waals surface area contributed by atoms with Crippen molar-refractivity contribution in [3.05, 3.63) is 0 Å². The van der Waals surface area contributed by atoms with Crippen molar-refractivity contribution in [2.24, 2.45) is 11.7 Å². The van der Waals surface area contributed by atoms with Crippen LogP contribution in [0.4, 0.5) is 0 Å². The lowest BCUT2D eigenvalue weighted by atomic mass is 9.76. The SMILES string of the molecule is CC1CCC(CN)(N(C)CC(=O)NC2CCCCC2)CC1. The number of nitrogens with one attached hydrogen (secondary N) is 1. The zero-order chi connectivity index (χ0) is 15.3. The third-order valence-corrected chi connectivity index (χ3v) is 5.75. The highest BCUT2D eigenvalue weighted by Crippen LogP contribution is 2.35. The number of amides is 1. The van der Waals surface area contributed by atoms with Gasteiger partial charge in [0.25, 0.3) is 0 Å². The van der Waals surface area contributed by atoms with Gasteiger partial charge in [-0.2, -0.15) is 0 Å². The maximum atomic E-state index is 12.3. The molecule has 0 aromatic heterocycles. The molecule has 0 bridgehead atoms. The van der Waals surface area contributed by atoms with E-state index < -0.39 is 0 Å². The molecular weight excluding hydrogens is 262 g/mol. The fourth-order valence-corrected chi connectivity index (χ4v) is 3.94. The Labute approximate surface area is 129 Å². The molecule has 0 aromatic rings. The normalized spacial score (nSPS) is 31.3. The van der Waals surface area contributed by atoms with Gasteiger partial charge in [0.05, 0.1) is 6.54 Å². The van der Waals surface area contributed by atoms with Crippen molar-refractivity contribution in [1.29, 1.82) is 0 Å². The van der Waals surface area contributed by atoms with Gasteiger partial charge < -0.3 is 11.1 Å². The predicted molar refractivity (Wildman–Crippen MR) is 87.1 cm³/mol. The minimum Gasteiger partial charge on any atom is -0.352 e. The van der Waals surface area contributed by atoms with Crippen molar-refractivity contribution >= 4 is 5.91 Å². The Morgan fingerprint density at radius 1 is 1.19 bits per heavy atom. The molecule has 0 aromatic carbocycles. The Morgan fingerprint density at radius 3 is 2.38 bits per heavy atom. The molecule has 1 amide bonds. The molecule has 4 nitrogen and oxygen atoms in total. The van der Waals surface area contributed by atoms with E-state index >= 15 is 0 Å². The second-order valence-electron chi connectivity index (χ2n) is 7.37. The van der Waals surface area contributed by atoms with Crippen LogP contribution in [-0.4, -0.2) is 42.5 Å². The molecule has 0 radical (unpaired) electrons. The van der Waals surface area contributed by atoms with E-state index in [1.807, 2.05) is 0 Å². The van der Waals surface area contributed by atoms with E-state index in [1.165, 1.54) is 32.1 Å². The minimum absolute atomic E-state index is 0.0381. The molecule has 0 aliphatic heterocycles. The van der Waals surface area contributed by atoms with E-state index in [9.17, 15) is 4.79 Å². The number of nitrogens with zero attached hydrogens (tertiary/aromatic N) is 1. The molecule has 2 saturated carbocycles. The zero-order valence-corrected chi connectivity index (χ0v) is 13.9. The first kappa shape index (κ1) is 16.8. The van der Waals surface area contributed by atoms with Crippen molar-refractivity contribution in [3.8, 4) is 0 Å². The fraction of sp³-hybridized carbons (Fsp3) is 0.941. The van der Waals surface area contributed by atoms with Crippen LogP contribution in [0.3, 0.4) is 0 Å². The maximum Gasteiger partial charge on any atom is 0.234 e. The van der Waals surface area contributed by atoms with Gasteiger partial charge in [0.1, 0.15) is 0 Å². The van der Waals surface area contributed by atoms with E-state index in [-0.39, 0.29) is 11.4 Å². The van der Waals surface area contributed by atoms with Gasteiger partial charge in [-0.1, -0.05) is 26.2 Å². The van der Waals surface area contributed by atoms with Crippen molar-refractivity contribution in [2.75, 3.05) is 20.1 Å². The lowest BCUT2D eigenvalue weighted by Gasteiger charge is -2.45. The number of rotatable bonds is 5. The summed E-state index contributed by atoms with van der Waals surface area (Å²) in [5, 5.41) is 3.22. The van der Waals surface area contributed by atoms with Crippen LogP contribution in [0.1, 0.15) is 64.7 Å². The number of hydrogen-bond acceptors (Lipinski definition) is 3. The Hall–Kier alpha value is -0.610. The van der Waals surface area contributed by atoms with E-state index in [1.54, 1.807) is 0 Å². The predicted octanol–water partition coefficient (Wildman–Crippen LogP) is 2.27. The molecule has 0 heterocycles. The number of likely N-dealkylation sites (N-methyl/N-ethyl adjacent to an activating group) is 1. The van der Waals surface area contributed by atoms with Crippen LogP contribution in [0.25, 0.3) is 0 Å². The molecule has 2 fully saturated rings. The number of hydrogen-bond donors (Lipinski definition) is 2. The summed E-state index contributed by atoms with van der Waals surface area (Å²) in [6.07, 6.45) is 10.8. The summed E-state index contributed by atoms with van der Waals surface area (Å²) in [6.45, 7) is 3.46. The molecule has 0 saturated heterocycles. The highest BCUT2D eigenvalue weighted by molar-refractivity contribution is 5.78. The van der Waals surface area contributed by atoms with Gasteiger partial charge in [0, 0.05) is 18.1 Å². The Morgan fingerprint density at radius 2 is 1.81 bits per heavy atom. The first-order valence-corrected chi connectivity index (χ1v) is 8.76. The van der Waals surface area contributed by atoms with Crippen molar-refractivity contribution in [1.82, 2.24) is 10.2 Å². The third kappa shape index (κ3) is 4.43. The van der Waals surface area contributed by atoms with Crippen LogP contribution >= 0.6 is 0 Å². The fourth-order valence-electron chi connectivity index (χ4n) is 3.94. The molecule has 21 heavy (non-hydrogen) atoms. The van der Waals surface area contributed by atoms with Crippen molar-refractivity contribution in [2.45, 2.75) is 76.3 Å². The molecule has 0 spiro atoms. The summed E-state index contributed by atoms with van der Waals surface area (Å²) in [5.74, 6) is 0.977. The Kier molecular flexibility index (Phi) is 6.06. The lowest BCUT2D eigenvalue weighted by molar-refractivity contribution is -0.124. The van der Waals surface area contributed by atoms with E-state index in [4.69, 9.17) is 5.73 Å². The second kappa shape index (κ2) is 7.59. The summed E-state index contributed by atoms with van der Waals surface area (Å²) in [7, 11) is 2.07. The Bertz CT molecular complexity index is 331. The average molecular weight is 295 g/mol. The molecular formula is C17H33N3O. The topological polar surface area (TPSA) is 58.4 Å².